The lowest BCUT2D eigenvalue weighted by molar-refractivity contribution is 0.252. The fraction of sp³-hybridized carbons (Fsp3) is 1.00. The Kier molecular flexibility index (Phi) is 2.69. The van der Waals surface area contributed by atoms with Crippen molar-refractivity contribution in [1.29, 1.82) is 0 Å². The van der Waals surface area contributed by atoms with Crippen LogP contribution in [0, 0.1) is 17.8 Å². The van der Waals surface area contributed by atoms with Crippen LogP contribution in [0.15, 0.2) is 0 Å². The van der Waals surface area contributed by atoms with Crippen LogP contribution >= 0.6 is 0 Å². The summed E-state index contributed by atoms with van der Waals surface area (Å²) in [5, 5.41) is 0. The quantitative estimate of drug-likeness (QED) is 0.687. The SMILES string of the molecule is NCC1CCCC(CC2CC2)C1. The van der Waals surface area contributed by atoms with Crippen molar-refractivity contribution < 1.29 is 0 Å². The maximum atomic E-state index is 5.71. The summed E-state index contributed by atoms with van der Waals surface area (Å²) < 4.78 is 0. The Morgan fingerprint density at radius 2 is 1.67 bits per heavy atom. The number of hydrogen-bond donors (Lipinski definition) is 1. The van der Waals surface area contributed by atoms with Crippen molar-refractivity contribution in [2.75, 3.05) is 6.54 Å². The normalized spacial score (nSPS) is 36.8. The highest BCUT2D eigenvalue weighted by Gasteiger charge is 2.28. The van der Waals surface area contributed by atoms with Crippen molar-refractivity contribution >= 4 is 0 Å². The summed E-state index contributed by atoms with van der Waals surface area (Å²) in [7, 11) is 0. The Labute approximate surface area is 75.7 Å². The molecule has 0 radical (unpaired) electrons. The Morgan fingerprint density at radius 1 is 0.917 bits per heavy atom. The van der Waals surface area contributed by atoms with Gasteiger partial charge < -0.3 is 5.73 Å². The van der Waals surface area contributed by atoms with Gasteiger partial charge in [-0.15, -0.1) is 0 Å². The van der Waals surface area contributed by atoms with E-state index >= 15 is 0 Å². The van der Waals surface area contributed by atoms with Crippen LogP contribution in [0.4, 0.5) is 0 Å². The van der Waals surface area contributed by atoms with E-state index in [9.17, 15) is 0 Å². The highest BCUT2D eigenvalue weighted by atomic mass is 14.6. The highest BCUT2D eigenvalue weighted by molar-refractivity contribution is 4.81. The van der Waals surface area contributed by atoms with Crippen LogP contribution < -0.4 is 5.73 Å². The molecule has 0 aromatic carbocycles. The van der Waals surface area contributed by atoms with Gasteiger partial charge in [-0.1, -0.05) is 25.7 Å². The zero-order valence-corrected chi connectivity index (χ0v) is 7.97. The molecule has 0 amide bonds. The van der Waals surface area contributed by atoms with Crippen LogP contribution in [0.1, 0.15) is 44.9 Å². The molecule has 2 atom stereocenters. The second-order valence-corrected chi connectivity index (χ2v) is 4.81. The maximum absolute atomic E-state index is 5.71. The van der Waals surface area contributed by atoms with Crippen molar-refractivity contribution in [2.24, 2.45) is 23.5 Å². The molecular formula is C11H21N. The molecule has 0 bridgehead atoms. The minimum absolute atomic E-state index is 0.863. The monoisotopic (exact) mass is 167 g/mol. The molecule has 2 saturated carbocycles. The van der Waals surface area contributed by atoms with Gasteiger partial charge >= 0.3 is 0 Å². The van der Waals surface area contributed by atoms with Crippen LogP contribution in [0.2, 0.25) is 0 Å². The average Bonchev–Trinajstić information content (AvgIpc) is 2.89. The first kappa shape index (κ1) is 8.55. The van der Waals surface area contributed by atoms with Crippen molar-refractivity contribution in [1.82, 2.24) is 0 Å². The van der Waals surface area contributed by atoms with E-state index in [0.29, 0.717) is 0 Å². The van der Waals surface area contributed by atoms with Gasteiger partial charge in [0, 0.05) is 0 Å². The predicted molar refractivity (Wildman–Crippen MR) is 51.8 cm³/mol. The maximum Gasteiger partial charge on any atom is -0.00488 e. The Morgan fingerprint density at radius 3 is 2.33 bits per heavy atom. The molecule has 0 saturated heterocycles. The molecule has 2 fully saturated rings. The van der Waals surface area contributed by atoms with Gasteiger partial charge in [0.25, 0.3) is 0 Å². The molecule has 0 aromatic heterocycles. The minimum atomic E-state index is 0.863. The Hall–Kier alpha value is -0.0400. The summed E-state index contributed by atoms with van der Waals surface area (Å²) in [6, 6.07) is 0. The lowest BCUT2D eigenvalue weighted by atomic mass is 9.79. The van der Waals surface area contributed by atoms with Crippen LogP contribution in [-0.4, -0.2) is 6.54 Å². The summed E-state index contributed by atoms with van der Waals surface area (Å²) in [4.78, 5) is 0. The summed E-state index contributed by atoms with van der Waals surface area (Å²) in [6.07, 6.45) is 10.3. The Balaban J connectivity index is 1.73. The number of nitrogens with two attached hydrogens (primary N) is 1. The zero-order valence-electron chi connectivity index (χ0n) is 7.97. The van der Waals surface area contributed by atoms with Gasteiger partial charge in [-0.25, -0.2) is 0 Å². The molecule has 2 rings (SSSR count). The van der Waals surface area contributed by atoms with Gasteiger partial charge in [0.2, 0.25) is 0 Å². The highest BCUT2D eigenvalue weighted by Crippen LogP contribution is 2.40. The van der Waals surface area contributed by atoms with E-state index in [1.807, 2.05) is 0 Å². The van der Waals surface area contributed by atoms with Gasteiger partial charge in [-0.2, -0.15) is 0 Å². The molecule has 2 aliphatic rings. The van der Waals surface area contributed by atoms with E-state index in [4.69, 9.17) is 5.73 Å². The van der Waals surface area contributed by atoms with Crippen LogP contribution in [0.5, 0.6) is 0 Å². The molecule has 0 aromatic rings. The topological polar surface area (TPSA) is 26.0 Å². The summed E-state index contributed by atoms with van der Waals surface area (Å²) in [6.45, 7) is 0.932. The van der Waals surface area contributed by atoms with Gasteiger partial charge in [0.1, 0.15) is 0 Å². The smallest absolute Gasteiger partial charge is 0.00488 e. The predicted octanol–water partition coefficient (Wildman–Crippen LogP) is 2.55. The molecule has 2 aliphatic carbocycles. The lowest BCUT2D eigenvalue weighted by Gasteiger charge is -2.28. The van der Waals surface area contributed by atoms with E-state index in [1.54, 1.807) is 0 Å². The van der Waals surface area contributed by atoms with E-state index in [2.05, 4.69) is 0 Å². The van der Waals surface area contributed by atoms with Crippen molar-refractivity contribution in [3.8, 4) is 0 Å². The van der Waals surface area contributed by atoms with Gasteiger partial charge in [0.15, 0.2) is 0 Å². The van der Waals surface area contributed by atoms with E-state index in [-0.39, 0.29) is 0 Å². The number of hydrogen-bond acceptors (Lipinski definition) is 1. The first-order chi connectivity index (χ1) is 5.88. The van der Waals surface area contributed by atoms with Crippen molar-refractivity contribution in [3.05, 3.63) is 0 Å². The third kappa shape index (κ3) is 2.22. The van der Waals surface area contributed by atoms with Gasteiger partial charge in [0.05, 0.1) is 0 Å². The molecule has 70 valence electrons. The lowest BCUT2D eigenvalue weighted by Crippen LogP contribution is -2.22. The molecule has 1 heteroatoms. The van der Waals surface area contributed by atoms with E-state index in [1.165, 1.54) is 44.9 Å². The van der Waals surface area contributed by atoms with Gasteiger partial charge in [-0.05, 0) is 43.6 Å². The standard InChI is InChI=1S/C11H21N/c12-8-11-3-1-2-10(7-11)6-9-4-5-9/h9-11H,1-8,12H2. The first-order valence-corrected chi connectivity index (χ1v) is 5.58. The fourth-order valence-corrected chi connectivity index (χ4v) is 2.66. The van der Waals surface area contributed by atoms with E-state index < -0.39 is 0 Å². The van der Waals surface area contributed by atoms with E-state index in [0.717, 1.165) is 24.3 Å². The third-order valence-corrected chi connectivity index (χ3v) is 3.59. The second kappa shape index (κ2) is 3.78. The van der Waals surface area contributed by atoms with Crippen molar-refractivity contribution in [2.45, 2.75) is 44.9 Å². The second-order valence-electron chi connectivity index (χ2n) is 4.81. The summed E-state index contributed by atoms with van der Waals surface area (Å²) >= 11 is 0. The van der Waals surface area contributed by atoms with Gasteiger partial charge in [-0.3, -0.25) is 0 Å². The van der Waals surface area contributed by atoms with Crippen molar-refractivity contribution in [3.63, 3.8) is 0 Å². The average molecular weight is 167 g/mol. The molecular weight excluding hydrogens is 146 g/mol. The largest absolute Gasteiger partial charge is 0.330 e. The minimum Gasteiger partial charge on any atom is -0.330 e. The molecule has 0 aliphatic heterocycles. The number of rotatable bonds is 3. The summed E-state index contributed by atoms with van der Waals surface area (Å²) in [5.74, 6) is 3.02. The van der Waals surface area contributed by atoms with Crippen LogP contribution in [0.25, 0.3) is 0 Å². The van der Waals surface area contributed by atoms with Crippen LogP contribution in [0.3, 0.4) is 0 Å². The summed E-state index contributed by atoms with van der Waals surface area (Å²) in [5.41, 5.74) is 5.71. The molecule has 2 unspecified atom stereocenters. The Bertz CT molecular complexity index is 140. The molecule has 0 spiro atoms. The molecule has 2 N–H and O–H groups in total. The van der Waals surface area contributed by atoms with Crippen LogP contribution in [-0.2, 0) is 0 Å². The molecule has 0 heterocycles. The fourth-order valence-electron chi connectivity index (χ4n) is 2.66. The molecule has 12 heavy (non-hydrogen) atoms. The first-order valence-electron chi connectivity index (χ1n) is 5.58. The third-order valence-electron chi connectivity index (χ3n) is 3.59. The zero-order chi connectivity index (χ0) is 8.39. The molecule has 1 nitrogen and oxygen atoms in total.